The Bertz CT molecular complexity index is 424. The topological polar surface area (TPSA) is 20.3 Å². The third-order valence-corrected chi connectivity index (χ3v) is 4.78. The van der Waals surface area contributed by atoms with Crippen LogP contribution in [0.2, 0.25) is 0 Å². The number of hydrogen-bond donors (Lipinski definition) is 0. The first-order valence-electron chi connectivity index (χ1n) is 5.77. The van der Waals surface area contributed by atoms with Crippen LogP contribution in [0.5, 0.6) is 0 Å². The Labute approximate surface area is 120 Å². The molecular formula is C13H15ClINO. The van der Waals surface area contributed by atoms with Crippen LogP contribution in [0.25, 0.3) is 0 Å². The summed E-state index contributed by atoms with van der Waals surface area (Å²) in [4.78, 5) is 14.3. The van der Waals surface area contributed by atoms with Crippen molar-refractivity contribution in [3.05, 3.63) is 33.4 Å². The van der Waals surface area contributed by atoms with Gasteiger partial charge < -0.3 is 4.90 Å². The van der Waals surface area contributed by atoms with Gasteiger partial charge in [-0.05, 0) is 47.1 Å². The smallest absolute Gasteiger partial charge is 0.254 e. The molecule has 2 atom stereocenters. The van der Waals surface area contributed by atoms with Gasteiger partial charge in [0.1, 0.15) is 0 Å². The SMILES string of the molecule is CC1CN(C(=O)c2ccccc2I)CCC1Cl. The summed E-state index contributed by atoms with van der Waals surface area (Å²) in [5, 5.41) is 0.203. The number of carbonyl (C=O) groups excluding carboxylic acids is 1. The fraction of sp³-hybridized carbons (Fsp3) is 0.462. The summed E-state index contributed by atoms with van der Waals surface area (Å²) in [7, 11) is 0. The first kappa shape index (κ1) is 13.1. The Morgan fingerprint density at radius 3 is 2.82 bits per heavy atom. The lowest BCUT2D eigenvalue weighted by atomic mass is 9.99. The van der Waals surface area contributed by atoms with Crippen LogP contribution < -0.4 is 0 Å². The average molecular weight is 364 g/mol. The fourth-order valence-electron chi connectivity index (χ4n) is 2.11. The van der Waals surface area contributed by atoms with E-state index in [4.69, 9.17) is 11.6 Å². The number of hydrogen-bond acceptors (Lipinski definition) is 1. The summed E-state index contributed by atoms with van der Waals surface area (Å²) < 4.78 is 1.01. The van der Waals surface area contributed by atoms with Gasteiger partial charge in [0, 0.05) is 22.0 Å². The van der Waals surface area contributed by atoms with Crippen molar-refractivity contribution in [2.24, 2.45) is 5.92 Å². The highest BCUT2D eigenvalue weighted by Gasteiger charge is 2.28. The molecule has 1 aromatic carbocycles. The van der Waals surface area contributed by atoms with Crippen molar-refractivity contribution in [2.45, 2.75) is 18.7 Å². The lowest BCUT2D eigenvalue weighted by molar-refractivity contribution is 0.0686. The van der Waals surface area contributed by atoms with Crippen LogP contribution in [-0.4, -0.2) is 29.3 Å². The van der Waals surface area contributed by atoms with Gasteiger partial charge in [-0.1, -0.05) is 19.1 Å². The number of rotatable bonds is 1. The van der Waals surface area contributed by atoms with E-state index in [9.17, 15) is 4.79 Å². The van der Waals surface area contributed by atoms with E-state index in [-0.39, 0.29) is 11.3 Å². The number of nitrogens with zero attached hydrogens (tertiary/aromatic N) is 1. The molecule has 1 aliphatic rings. The minimum atomic E-state index is 0.130. The highest BCUT2D eigenvalue weighted by Crippen LogP contribution is 2.24. The van der Waals surface area contributed by atoms with Crippen molar-refractivity contribution in [3.63, 3.8) is 0 Å². The molecule has 1 aromatic rings. The van der Waals surface area contributed by atoms with Gasteiger partial charge >= 0.3 is 0 Å². The monoisotopic (exact) mass is 363 g/mol. The normalized spacial score (nSPS) is 24.8. The van der Waals surface area contributed by atoms with Gasteiger partial charge in [-0.25, -0.2) is 0 Å². The van der Waals surface area contributed by atoms with Crippen molar-refractivity contribution in [1.82, 2.24) is 4.90 Å². The molecule has 2 rings (SSSR count). The Morgan fingerprint density at radius 1 is 1.47 bits per heavy atom. The summed E-state index contributed by atoms with van der Waals surface area (Å²) in [6.45, 7) is 3.63. The Balaban J connectivity index is 2.14. The lowest BCUT2D eigenvalue weighted by Gasteiger charge is -2.34. The largest absolute Gasteiger partial charge is 0.338 e. The molecule has 1 saturated heterocycles. The van der Waals surface area contributed by atoms with Crippen LogP contribution in [0.4, 0.5) is 0 Å². The molecule has 4 heteroatoms. The standard InChI is InChI=1S/C13H15ClINO/c1-9-8-16(7-6-11(9)14)13(17)10-4-2-3-5-12(10)15/h2-5,9,11H,6-8H2,1H3. The number of halogens is 2. The second kappa shape index (κ2) is 5.57. The zero-order valence-electron chi connectivity index (χ0n) is 9.70. The molecule has 17 heavy (non-hydrogen) atoms. The van der Waals surface area contributed by atoms with Crippen LogP contribution in [-0.2, 0) is 0 Å². The Kier molecular flexibility index (Phi) is 4.31. The van der Waals surface area contributed by atoms with Crippen LogP contribution in [0.15, 0.2) is 24.3 Å². The maximum atomic E-state index is 12.4. The van der Waals surface area contributed by atoms with E-state index >= 15 is 0 Å². The molecule has 92 valence electrons. The minimum Gasteiger partial charge on any atom is -0.338 e. The molecule has 0 spiro atoms. The van der Waals surface area contributed by atoms with Crippen molar-refractivity contribution in [2.75, 3.05) is 13.1 Å². The first-order chi connectivity index (χ1) is 8.09. The number of alkyl halides is 1. The van der Waals surface area contributed by atoms with E-state index < -0.39 is 0 Å². The summed E-state index contributed by atoms with van der Waals surface area (Å²) >= 11 is 8.38. The predicted molar refractivity (Wildman–Crippen MR) is 78.5 cm³/mol. The van der Waals surface area contributed by atoms with Crippen LogP contribution in [0.3, 0.4) is 0 Å². The Hall–Kier alpha value is -0.290. The van der Waals surface area contributed by atoms with Gasteiger partial charge in [0.05, 0.1) is 5.56 Å². The lowest BCUT2D eigenvalue weighted by Crippen LogP contribution is -2.43. The number of benzene rings is 1. The number of piperidine rings is 1. The summed E-state index contributed by atoms with van der Waals surface area (Å²) in [5.74, 6) is 0.501. The van der Waals surface area contributed by atoms with Gasteiger partial charge in [-0.2, -0.15) is 0 Å². The molecule has 2 nitrogen and oxygen atoms in total. The maximum absolute atomic E-state index is 12.4. The molecule has 1 heterocycles. The summed E-state index contributed by atoms with van der Waals surface area (Å²) in [6, 6.07) is 7.71. The second-order valence-electron chi connectivity index (χ2n) is 4.51. The number of amides is 1. The molecule has 1 fully saturated rings. The van der Waals surface area contributed by atoms with Gasteiger partial charge in [0.15, 0.2) is 0 Å². The van der Waals surface area contributed by atoms with E-state index in [1.54, 1.807) is 0 Å². The van der Waals surface area contributed by atoms with Gasteiger partial charge in [0.25, 0.3) is 5.91 Å². The highest BCUT2D eigenvalue weighted by molar-refractivity contribution is 14.1. The second-order valence-corrected chi connectivity index (χ2v) is 6.24. The highest BCUT2D eigenvalue weighted by atomic mass is 127. The van der Waals surface area contributed by atoms with Gasteiger partial charge in [-0.15, -0.1) is 11.6 Å². The molecule has 0 radical (unpaired) electrons. The van der Waals surface area contributed by atoms with Crippen molar-refractivity contribution < 1.29 is 4.79 Å². The summed E-state index contributed by atoms with van der Waals surface area (Å²) in [5.41, 5.74) is 0.799. The average Bonchev–Trinajstić information content (AvgIpc) is 2.32. The number of likely N-dealkylation sites (tertiary alicyclic amines) is 1. The molecule has 0 saturated carbocycles. The molecule has 0 bridgehead atoms. The molecule has 0 aliphatic carbocycles. The van der Waals surface area contributed by atoms with E-state index in [2.05, 4.69) is 29.5 Å². The number of carbonyl (C=O) groups is 1. The molecule has 1 aliphatic heterocycles. The molecular weight excluding hydrogens is 349 g/mol. The third-order valence-electron chi connectivity index (χ3n) is 3.19. The predicted octanol–water partition coefficient (Wildman–Crippen LogP) is 3.38. The van der Waals surface area contributed by atoms with Crippen molar-refractivity contribution in [3.8, 4) is 0 Å². The van der Waals surface area contributed by atoms with Gasteiger partial charge in [-0.3, -0.25) is 4.79 Å². The molecule has 1 amide bonds. The minimum absolute atomic E-state index is 0.130. The van der Waals surface area contributed by atoms with Gasteiger partial charge in [0.2, 0.25) is 0 Å². The molecule has 0 aromatic heterocycles. The van der Waals surface area contributed by atoms with E-state index in [1.807, 2.05) is 29.2 Å². The van der Waals surface area contributed by atoms with Crippen LogP contribution in [0, 0.1) is 9.49 Å². The van der Waals surface area contributed by atoms with Crippen LogP contribution in [0.1, 0.15) is 23.7 Å². The molecule has 0 N–H and O–H groups in total. The molecule has 2 unspecified atom stereocenters. The van der Waals surface area contributed by atoms with Crippen LogP contribution >= 0.6 is 34.2 Å². The quantitative estimate of drug-likeness (QED) is 0.553. The fourth-order valence-corrected chi connectivity index (χ4v) is 2.90. The maximum Gasteiger partial charge on any atom is 0.254 e. The van der Waals surface area contributed by atoms with E-state index in [0.29, 0.717) is 5.92 Å². The zero-order chi connectivity index (χ0) is 12.4. The Morgan fingerprint density at radius 2 is 2.18 bits per heavy atom. The summed E-state index contributed by atoms with van der Waals surface area (Å²) in [6.07, 6.45) is 0.887. The third kappa shape index (κ3) is 2.94. The van der Waals surface area contributed by atoms with Crippen molar-refractivity contribution >= 4 is 40.1 Å². The van der Waals surface area contributed by atoms with Crippen molar-refractivity contribution in [1.29, 1.82) is 0 Å². The van der Waals surface area contributed by atoms with E-state index in [0.717, 1.165) is 28.6 Å². The first-order valence-corrected chi connectivity index (χ1v) is 7.29. The van der Waals surface area contributed by atoms with E-state index in [1.165, 1.54) is 0 Å². The zero-order valence-corrected chi connectivity index (χ0v) is 12.6.